The number of aryl methyl sites for hydroxylation is 2. The molecule has 1 aromatic carbocycles. The van der Waals surface area contributed by atoms with Crippen molar-refractivity contribution in [3.63, 3.8) is 0 Å². The number of anilines is 1. The molecule has 1 heterocycles. The highest BCUT2D eigenvalue weighted by Gasteiger charge is 2.28. The van der Waals surface area contributed by atoms with Crippen molar-refractivity contribution in [1.29, 1.82) is 0 Å². The van der Waals surface area contributed by atoms with E-state index < -0.39 is 30.5 Å². The van der Waals surface area contributed by atoms with Crippen molar-refractivity contribution in [2.75, 3.05) is 11.9 Å². The van der Waals surface area contributed by atoms with Crippen molar-refractivity contribution in [3.05, 3.63) is 51.8 Å². The Morgan fingerprint density at radius 1 is 1.10 bits per heavy atom. The number of ether oxygens (including phenoxy) is 1. The largest absolute Gasteiger partial charge is 0.459 e. The summed E-state index contributed by atoms with van der Waals surface area (Å²) in [4.78, 5) is 39.9. The predicted octanol–water partition coefficient (Wildman–Crippen LogP) is 4.05. The second-order valence-electron chi connectivity index (χ2n) is 7.36. The van der Waals surface area contributed by atoms with Crippen LogP contribution in [0.4, 0.5) is 18.9 Å². The van der Waals surface area contributed by atoms with Crippen molar-refractivity contribution in [2.24, 2.45) is 0 Å². The molecule has 2 rings (SSSR count). The fraction of sp³-hybridized carbons (Fsp3) is 0.381. The number of alkyl halides is 3. The Kier molecular flexibility index (Phi) is 7.14. The Labute approximate surface area is 177 Å². The second-order valence-corrected chi connectivity index (χ2v) is 7.36. The third-order valence-electron chi connectivity index (χ3n) is 4.41. The van der Waals surface area contributed by atoms with Crippen LogP contribution in [0.15, 0.2) is 18.2 Å². The van der Waals surface area contributed by atoms with Gasteiger partial charge in [0.25, 0.3) is 11.8 Å². The molecular weight excluding hydrogens is 415 g/mol. The average molecular weight is 439 g/mol. The van der Waals surface area contributed by atoms with Gasteiger partial charge >= 0.3 is 12.1 Å². The summed E-state index contributed by atoms with van der Waals surface area (Å²) in [7, 11) is 0. The second kappa shape index (κ2) is 9.23. The first-order chi connectivity index (χ1) is 14.3. The molecular formula is C21H24F3N3O4. The third-order valence-corrected chi connectivity index (χ3v) is 4.41. The van der Waals surface area contributed by atoms with E-state index in [4.69, 9.17) is 4.74 Å². The molecule has 1 aromatic heterocycles. The molecule has 0 fully saturated rings. The summed E-state index contributed by atoms with van der Waals surface area (Å²) in [6, 6.07) is 4.16. The molecule has 0 bridgehead atoms. The number of hydrogen-bond donors (Lipinski definition) is 3. The number of esters is 1. The Hall–Kier alpha value is -3.30. The fourth-order valence-electron chi connectivity index (χ4n) is 2.92. The molecule has 0 unspecified atom stereocenters. The van der Waals surface area contributed by atoms with E-state index in [2.05, 4.69) is 10.3 Å². The van der Waals surface area contributed by atoms with Gasteiger partial charge in [-0.05, 0) is 57.9 Å². The number of H-pyrrole nitrogens is 1. The van der Waals surface area contributed by atoms with Crippen molar-refractivity contribution >= 4 is 23.5 Å². The fourth-order valence-corrected chi connectivity index (χ4v) is 2.92. The monoisotopic (exact) mass is 439 g/mol. The molecule has 0 saturated carbocycles. The zero-order valence-electron chi connectivity index (χ0n) is 17.8. The molecule has 3 N–H and O–H groups in total. The molecule has 0 saturated heterocycles. The van der Waals surface area contributed by atoms with Crippen LogP contribution in [0.2, 0.25) is 0 Å². The van der Waals surface area contributed by atoms with Crippen LogP contribution in [0.5, 0.6) is 0 Å². The highest BCUT2D eigenvalue weighted by Crippen LogP contribution is 2.23. The maximum Gasteiger partial charge on any atom is 0.405 e. The van der Waals surface area contributed by atoms with Crippen LogP contribution in [0, 0.1) is 20.8 Å². The summed E-state index contributed by atoms with van der Waals surface area (Å²) >= 11 is 0. The van der Waals surface area contributed by atoms with E-state index in [0.717, 1.165) is 0 Å². The smallest absolute Gasteiger partial charge is 0.405 e. The van der Waals surface area contributed by atoms with Crippen molar-refractivity contribution in [3.8, 4) is 0 Å². The van der Waals surface area contributed by atoms with Crippen LogP contribution < -0.4 is 10.6 Å². The number of carbonyl (C=O) groups excluding carboxylic acids is 3. The van der Waals surface area contributed by atoms with Gasteiger partial charge in [-0.15, -0.1) is 0 Å². The molecule has 2 amide bonds. The highest BCUT2D eigenvalue weighted by molar-refractivity contribution is 6.07. The number of aromatic amines is 1. The van der Waals surface area contributed by atoms with Crippen LogP contribution in [-0.4, -0.2) is 41.6 Å². The number of rotatable bonds is 6. The lowest BCUT2D eigenvalue weighted by Crippen LogP contribution is -2.33. The van der Waals surface area contributed by atoms with E-state index in [-0.39, 0.29) is 28.6 Å². The zero-order chi connectivity index (χ0) is 23.5. The topological polar surface area (TPSA) is 100 Å². The minimum atomic E-state index is -4.53. The number of aromatic nitrogens is 1. The Bertz CT molecular complexity index is 1010. The Morgan fingerprint density at radius 3 is 2.32 bits per heavy atom. The first-order valence-electron chi connectivity index (χ1n) is 9.47. The lowest BCUT2D eigenvalue weighted by atomic mass is 10.1. The number of hydrogen-bond acceptors (Lipinski definition) is 4. The summed E-state index contributed by atoms with van der Waals surface area (Å²) in [5, 5.41) is 4.41. The molecule has 168 valence electrons. The van der Waals surface area contributed by atoms with Crippen LogP contribution >= 0.6 is 0 Å². The van der Waals surface area contributed by atoms with Gasteiger partial charge in [0.05, 0.1) is 11.7 Å². The molecule has 0 spiro atoms. The number of nitrogens with one attached hydrogen (secondary N) is 3. The summed E-state index contributed by atoms with van der Waals surface area (Å²) in [6.07, 6.45) is -4.86. The molecule has 0 aliphatic heterocycles. The van der Waals surface area contributed by atoms with E-state index in [1.54, 1.807) is 39.9 Å². The van der Waals surface area contributed by atoms with E-state index in [1.165, 1.54) is 18.2 Å². The molecule has 0 aliphatic carbocycles. The Balaban J connectivity index is 2.24. The maximum atomic E-state index is 12.8. The summed E-state index contributed by atoms with van der Waals surface area (Å²) in [5.74, 6) is -2.04. The SMILES string of the molecule is Cc1ccc(C(=O)NCC(F)(F)F)cc1NC(=O)c1[nH]c(C)c(C(=O)OC(C)C)c1C. The molecule has 0 radical (unpaired) electrons. The van der Waals surface area contributed by atoms with Gasteiger partial charge in [0.1, 0.15) is 12.2 Å². The molecule has 0 aliphatic rings. The Morgan fingerprint density at radius 2 is 1.74 bits per heavy atom. The molecule has 10 heteroatoms. The predicted molar refractivity (Wildman–Crippen MR) is 108 cm³/mol. The third kappa shape index (κ3) is 6.09. The lowest BCUT2D eigenvalue weighted by molar-refractivity contribution is -0.123. The van der Waals surface area contributed by atoms with Gasteiger partial charge in [0, 0.05) is 16.9 Å². The van der Waals surface area contributed by atoms with Gasteiger partial charge in [-0.2, -0.15) is 13.2 Å². The van der Waals surface area contributed by atoms with Crippen LogP contribution in [-0.2, 0) is 4.74 Å². The molecule has 31 heavy (non-hydrogen) atoms. The lowest BCUT2D eigenvalue weighted by Gasteiger charge is -2.12. The van der Waals surface area contributed by atoms with Gasteiger partial charge in [-0.25, -0.2) is 4.79 Å². The standard InChI is InChI=1S/C21H24F3N3O4/c1-10(2)31-20(30)16-12(4)17(26-13(16)5)19(29)27-15-8-14(7-6-11(15)3)18(28)25-9-21(22,23)24/h6-8,10,26H,9H2,1-5H3,(H,25,28)(H,27,29). The van der Waals surface area contributed by atoms with Crippen LogP contribution in [0.3, 0.4) is 0 Å². The number of amides is 2. The van der Waals surface area contributed by atoms with Gasteiger partial charge in [-0.1, -0.05) is 6.07 Å². The van der Waals surface area contributed by atoms with Crippen molar-refractivity contribution in [1.82, 2.24) is 10.3 Å². The van der Waals surface area contributed by atoms with E-state index in [0.29, 0.717) is 16.8 Å². The van der Waals surface area contributed by atoms with E-state index >= 15 is 0 Å². The first kappa shape index (κ1) is 24.0. The molecule has 2 aromatic rings. The summed E-state index contributed by atoms with van der Waals surface area (Å²) in [5.41, 5.74) is 2.08. The van der Waals surface area contributed by atoms with Gasteiger partial charge < -0.3 is 20.4 Å². The normalized spacial score (nSPS) is 11.4. The van der Waals surface area contributed by atoms with E-state index in [9.17, 15) is 27.6 Å². The maximum absolute atomic E-state index is 12.8. The van der Waals surface area contributed by atoms with Gasteiger partial charge in [0.15, 0.2) is 0 Å². The number of carbonyl (C=O) groups is 3. The molecule has 7 nitrogen and oxygen atoms in total. The summed E-state index contributed by atoms with van der Waals surface area (Å²) in [6.45, 7) is 6.87. The number of benzene rings is 1. The van der Waals surface area contributed by atoms with Crippen molar-refractivity contribution < 1.29 is 32.3 Å². The van der Waals surface area contributed by atoms with Crippen LogP contribution in [0.25, 0.3) is 0 Å². The van der Waals surface area contributed by atoms with Crippen LogP contribution in [0.1, 0.15) is 61.9 Å². The van der Waals surface area contributed by atoms with Gasteiger partial charge in [-0.3, -0.25) is 9.59 Å². The highest BCUT2D eigenvalue weighted by atomic mass is 19.4. The zero-order valence-corrected chi connectivity index (χ0v) is 17.8. The minimum Gasteiger partial charge on any atom is -0.459 e. The van der Waals surface area contributed by atoms with Gasteiger partial charge in [0.2, 0.25) is 0 Å². The van der Waals surface area contributed by atoms with E-state index in [1.807, 2.05) is 0 Å². The quantitative estimate of drug-likeness (QED) is 0.591. The first-order valence-corrected chi connectivity index (χ1v) is 9.47. The minimum absolute atomic E-state index is 0.0364. The molecule has 0 atom stereocenters. The number of halogens is 3. The average Bonchev–Trinajstić information content (AvgIpc) is 2.94. The van der Waals surface area contributed by atoms with Crippen molar-refractivity contribution in [2.45, 2.75) is 46.9 Å². The summed E-state index contributed by atoms with van der Waals surface area (Å²) < 4.78 is 42.2.